The van der Waals surface area contributed by atoms with Crippen molar-refractivity contribution in [3.8, 4) is 67.0 Å². The SMILES string of the molecule is [2H]c1c([2H])c([2H])c2c(c1[2H])Cc1c-2c2c([2H])c([2H])c([2H])c([2H])c2n1-c1c([2H])c([2H])c2c(c1[2H])N(c1c(-c3ccccc3)cccc1-c1ccccc1)c1cc(C(C)(C)C)cc3c1C2c1c([2H])c([2H])c(-n2c4c([2H])c([2H])c([2H])c([2H])c4c4c([2H])c([2H])c([2H])c([2H])c42)c([2H])c1N3c1c(-c2ccccc2)cccc1-c1ccccc1. The first kappa shape index (κ1) is 34.4. The number of para-hydroxylation sites is 5. The molecule has 0 amide bonds. The highest BCUT2D eigenvalue weighted by Gasteiger charge is 2.44. The molecule has 90 heavy (non-hydrogen) atoms. The van der Waals surface area contributed by atoms with Gasteiger partial charge in [0.25, 0.3) is 0 Å². The van der Waals surface area contributed by atoms with Crippen molar-refractivity contribution in [2.24, 2.45) is 0 Å². The number of fused-ring (bicyclic) bond motifs is 12. The lowest BCUT2D eigenvalue weighted by atomic mass is 9.73. The van der Waals surface area contributed by atoms with E-state index < -0.39 is 161 Å². The van der Waals surface area contributed by atoms with E-state index in [0.717, 1.165) is 4.57 Å². The second-order valence-corrected chi connectivity index (χ2v) is 23.8. The van der Waals surface area contributed by atoms with Gasteiger partial charge in [0, 0.05) is 78.9 Å². The van der Waals surface area contributed by atoms with Crippen LogP contribution < -0.4 is 9.80 Å². The normalized spacial score (nSPS) is 17.2. The Balaban J connectivity index is 1.09. The second-order valence-electron chi connectivity index (χ2n) is 23.8. The molecule has 18 rings (SSSR count). The van der Waals surface area contributed by atoms with Crippen LogP contribution in [0.2, 0.25) is 0 Å². The molecule has 4 nitrogen and oxygen atoms in total. The molecular weight excluding hydrogens is 1090 g/mol. The number of anilines is 6. The van der Waals surface area contributed by atoms with Crippen LogP contribution >= 0.6 is 0 Å². The molecule has 0 saturated heterocycles. The molecule has 1 aliphatic carbocycles. The molecule has 3 aliphatic rings. The lowest BCUT2D eigenvalue weighted by molar-refractivity contribution is 0.590. The van der Waals surface area contributed by atoms with Crippen LogP contribution in [0.4, 0.5) is 34.1 Å². The Morgan fingerprint density at radius 2 is 0.778 bits per heavy atom. The van der Waals surface area contributed by atoms with Crippen LogP contribution in [0.15, 0.2) is 303 Å². The highest BCUT2D eigenvalue weighted by molar-refractivity contribution is 6.11. The molecule has 1 unspecified atom stereocenters. The zero-order chi connectivity index (χ0) is 78.9. The summed E-state index contributed by atoms with van der Waals surface area (Å²) in [6.07, 6.45) is -0.328. The summed E-state index contributed by atoms with van der Waals surface area (Å²) >= 11 is 0. The smallest absolute Gasteiger partial charge is 0.0667 e. The van der Waals surface area contributed by atoms with Gasteiger partial charge < -0.3 is 18.9 Å². The van der Waals surface area contributed by atoms with Gasteiger partial charge in [-0.15, -0.1) is 0 Å². The average Bonchev–Trinajstić information content (AvgIpc) is 1.44. The Hall–Kier alpha value is -11.2. The average molecular weight is 1170 g/mol. The first-order valence-electron chi connectivity index (χ1n) is 40.8. The van der Waals surface area contributed by atoms with E-state index in [-0.39, 0.29) is 78.7 Å². The molecule has 426 valence electrons. The number of aromatic nitrogens is 2. The lowest BCUT2D eigenvalue weighted by Gasteiger charge is -2.47. The van der Waals surface area contributed by atoms with E-state index >= 15 is 0 Å². The first-order chi connectivity index (χ1) is 53.5. The van der Waals surface area contributed by atoms with Crippen molar-refractivity contribution in [1.29, 1.82) is 0 Å². The Morgan fingerprint density at radius 1 is 0.378 bits per heavy atom. The molecule has 0 radical (unpaired) electrons. The van der Waals surface area contributed by atoms with Crippen LogP contribution in [0.25, 0.3) is 99.7 Å². The summed E-state index contributed by atoms with van der Waals surface area (Å²) in [5.74, 6) is -1.57. The zero-order valence-corrected chi connectivity index (χ0v) is 48.7. The third-order valence-electron chi connectivity index (χ3n) is 17.8. The molecule has 0 fully saturated rings. The Labute approximate surface area is 556 Å². The molecule has 15 aromatic rings. The van der Waals surface area contributed by atoms with Gasteiger partial charge in [-0.3, -0.25) is 0 Å². The van der Waals surface area contributed by atoms with Crippen molar-refractivity contribution < 1.29 is 30.2 Å². The summed E-state index contributed by atoms with van der Waals surface area (Å²) in [5.41, 5.74) is 4.63. The minimum atomic E-state index is -1.57. The van der Waals surface area contributed by atoms with Crippen LogP contribution in [0.1, 0.15) is 90.4 Å². The van der Waals surface area contributed by atoms with Gasteiger partial charge in [0.05, 0.1) is 80.8 Å². The van der Waals surface area contributed by atoms with E-state index in [2.05, 4.69) is 0 Å². The van der Waals surface area contributed by atoms with Crippen molar-refractivity contribution >= 4 is 66.8 Å². The highest BCUT2D eigenvalue weighted by atomic mass is 15.2. The Morgan fingerprint density at radius 3 is 1.23 bits per heavy atom. The van der Waals surface area contributed by atoms with Crippen molar-refractivity contribution in [2.75, 3.05) is 9.80 Å². The van der Waals surface area contributed by atoms with Crippen molar-refractivity contribution in [3.63, 3.8) is 0 Å². The van der Waals surface area contributed by atoms with E-state index in [1.54, 1.807) is 0 Å². The maximum Gasteiger partial charge on any atom is 0.0667 e. The van der Waals surface area contributed by atoms with Gasteiger partial charge in [-0.05, 0) is 110 Å². The summed E-state index contributed by atoms with van der Waals surface area (Å²) < 4.78 is 220. The topological polar surface area (TPSA) is 16.3 Å². The number of benzene rings is 13. The Kier molecular flexibility index (Phi) is 7.71. The molecule has 0 bridgehead atoms. The van der Waals surface area contributed by atoms with Crippen molar-refractivity contribution in [2.45, 2.75) is 38.5 Å². The molecule has 1 atom stereocenters. The third kappa shape index (κ3) is 7.87. The van der Waals surface area contributed by atoms with Gasteiger partial charge >= 0.3 is 0 Å². The summed E-state index contributed by atoms with van der Waals surface area (Å²) in [6, 6.07) is 39.5. The van der Waals surface area contributed by atoms with Crippen LogP contribution in [-0.4, -0.2) is 9.13 Å². The molecule has 2 aromatic heterocycles. The summed E-state index contributed by atoms with van der Waals surface area (Å²) in [6.45, 7) is 6.06. The summed E-state index contributed by atoms with van der Waals surface area (Å²) in [5, 5.41) is -0.833. The molecule has 0 spiro atoms. The fourth-order valence-electron chi connectivity index (χ4n) is 13.8. The monoisotopic (exact) mass is 1170 g/mol. The van der Waals surface area contributed by atoms with Gasteiger partial charge in [-0.2, -0.15) is 0 Å². The van der Waals surface area contributed by atoms with Crippen LogP contribution in [0.5, 0.6) is 0 Å². The largest absolute Gasteiger partial charge is 0.313 e. The maximum atomic E-state index is 11.6. The number of hydrogen-bond donors (Lipinski definition) is 0. The first-order valence-corrected chi connectivity index (χ1v) is 29.8. The van der Waals surface area contributed by atoms with Gasteiger partial charge in [0.1, 0.15) is 0 Å². The maximum absolute atomic E-state index is 11.6. The van der Waals surface area contributed by atoms with E-state index in [1.807, 2.05) is 200 Å². The van der Waals surface area contributed by atoms with E-state index in [4.69, 9.17) is 6.85 Å². The molecular formula is C86H62N4. The van der Waals surface area contributed by atoms with Gasteiger partial charge in [0.15, 0.2) is 0 Å². The molecule has 0 N–H and O–H groups in total. The fourth-order valence-corrected chi connectivity index (χ4v) is 13.8. The highest BCUT2D eigenvalue weighted by Crippen LogP contribution is 2.65. The van der Waals surface area contributed by atoms with Crippen molar-refractivity contribution in [3.05, 3.63) is 336 Å². The molecule has 13 aromatic carbocycles. The molecule has 0 saturated carbocycles. The number of rotatable bonds is 8. The summed E-state index contributed by atoms with van der Waals surface area (Å²) in [7, 11) is 0. The third-order valence-corrected chi connectivity index (χ3v) is 17.8. The van der Waals surface area contributed by atoms with Crippen molar-refractivity contribution in [1.82, 2.24) is 9.13 Å². The summed E-state index contributed by atoms with van der Waals surface area (Å²) in [4.78, 5) is 3.76. The quantitative estimate of drug-likeness (QED) is 0.151. The van der Waals surface area contributed by atoms with E-state index in [9.17, 15) is 23.3 Å². The van der Waals surface area contributed by atoms with E-state index in [0.29, 0.717) is 78.4 Å². The zero-order valence-electron chi connectivity index (χ0n) is 70.7. The van der Waals surface area contributed by atoms with E-state index in [1.165, 1.54) is 4.57 Å². The number of nitrogens with zero attached hydrogens (tertiary/aromatic N) is 4. The second kappa shape index (κ2) is 20.2. The van der Waals surface area contributed by atoms with Crippen LogP contribution in [-0.2, 0) is 11.8 Å². The van der Waals surface area contributed by atoms with Gasteiger partial charge in [0.2, 0.25) is 0 Å². The van der Waals surface area contributed by atoms with Gasteiger partial charge in [-0.25, -0.2) is 0 Å². The predicted octanol–water partition coefficient (Wildman–Crippen LogP) is 23.0. The molecule has 4 heterocycles. The van der Waals surface area contributed by atoms with Gasteiger partial charge in [-0.1, -0.05) is 269 Å². The van der Waals surface area contributed by atoms with Crippen LogP contribution in [0, 0.1) is 0 Å². The minimum absolute atomic E-state index is 0.0245. The lowest BCUT2D eigenvalue weighted by Crippen LogP contribution is -2.31. The fraction of sp³-hybridized carbons (Fsp3) is 0.0698. The predicted molar refractivity (Wildman–Crippen MR) is 377 cm³/mol. The Bertz CT molecular complexity index is 6540. The number of hydrogen-bond acceptors (Lipinski definition) is 2. The minimum Gasteiger partial charge on any atom is -0.313 e. The molecule has 4 heteroatoms. The van der Waals surface area contributed by atoms with Crippen LogP contribution in [0.3, 0.4) is 0 Å². The standard InChI is InChI=1S/C86H62N4/c1-86(2,3)60-51-79-83-80(52-60)90(85-66(57-30-12-6-13-31-57)41-25-42-67(85)58-32-14-7-15-33-58)77-54-62(88-75-45-23-20-38-70(75)81-63-35-17-16-34-59(63)50-78(81)88)47-49-72(77)82(83)71-48-46-61(87-73-43-21-18-36-68(73)69-37-19-22-44-74(69)87)53-76(71)89(79)84-64(55-26-8-4-9-27-55)39-24-40-65(84)56-28-10-5-11-29-56/h4-49,51-54,82H,50H2,1-3H3/i16D,17D,18D,19D,20D,21D,22D,23D,34D,35D,36D,37D,38D,43D,44D,45D,46D,47D,48D,49D,53D,54D. The molecule has 2 aliphatic heterocycles.